The Labute approximate surface area is 150 Å². The molecule has 6 nitrogen and oxygen atoms in total. The number of nitrogens with one attached hydrogen (secondary N) is 1. The minimum absolute atomic E-state index is 0.568. The minimum atomic E-state index is 0.568. The number of nitrogens with zero attached hydrogens (tertiary/aromatic N) is 4. The highest BCUT2D eigenvalue weighted by molar-refractivity contribution is 8.00. The Kier molecular flexibility index (Phi) is 4.54. The Balaban J connectivity index is 1.36. The Morgan fingerprint density at radius 3 is 2.83 bits per heavy atom. The molecule has 0 spiro atoms. The molecule has 3 aromatic heterocycles. The SMILES string of the molecule is c1ccc(Nc2nnc(SCc3nc(-c4cccs4)no3)s2)cc1. The predicted molar refractivity (Wildman–Crippen MR) is 96.8 cm³/mol. The lowest BCUT2D eigenvalue weighted by Crippen LogP contribution is -1.87. The van der Waals surface area contributed by atoms with E-state index in [9.17, 15) is 0 Å². The van der Waals surface area contributed by atoms with Crippen molar-refractivity contribution in [3.63, 3.8) is 0 Å². The second kappa shape index (κ2) is 7.12. The van der Waals surface area contributed by atoms with Gasteiger partial charge in [-0.2, -0.15) is 4.98 Å². The fourth-order valence-electron chi connectivity index (χ4n) is 1.91. The van der Waals surface area contributed by atoms with Crippen molar-refractivity contribution in [2.24, 2.45) is 0 Å². The number of para-hydroxylation sites is 1. The maximum absolute atomic E-state index is 5.28. The number of benzene rings is 1. The molecule has 0 aliphatic carbocycles. The van der Waals surface area contributed by atoms with E-state index in [0.29, 0.717) is 17.5 Å². The molecule has 3 heterocycles. The molecule has 4 aromatic rings. The summed E-state index contributed by atoms with van der Waals surface area (Å²) in [4.78, 5) is 5.40. The molecule has 9 heteroatoms. The zero-order valence-electron chi connectivity index (χ0n) is 12.2. The van der Waals surface area contributed by atoms with Gasteiger partial charge in [-0.1, -0.05) is 52.5 Å². The third-order valence-electron chi connectivity index (χ3n) is 2.96. The average molecular weight is 373 g/mol. The maximum atomic E-state index is 5.28. The van der Waals surface area contributed by atoms with Gasteiger partial charge >= 0.3 is 0 Å². The summed E-state index contributed by atoms with van der Waals surface area (Å²) in [5.74, 6) is 1.78. The van der Waals surface area contributed by atoms with Crippen LogP contribution in [-0.2, 0) is 5.75 Å². The normalized spacial score (nSPS) is 10.8. The molecule has 0 fully saturated rings. The summed E-state index contributed by atoms with van der Waals surface area (Å²) < 4.78 is 6.13. The fraction of sp³-hybridized carbons (Fsp3) is 0.0667. The van der Waals surface area contributed by atoms with Gasteiger partial charge in [0, 0.05) is 5.69 Å². The summed E-state index contributed by atoms with van der Waals surface area (Å²) in [6.07, 6.45) is 0. The summed E-state index contributed by atoms with van der Waals surface area (Å²) in [7, 11) is 0. The second-order valence-electron chi connectivity index (χ2n) is 4.64. The Morgan fingerprint density at radius 1 is 1.08 bits per heavy atom. The van der Waals surface area contributed by atoms with Gasteiger partial charge in [0.25, 0.3) is 0 Å². The lowest BCUT2D eigenvalue weighted by molar-refractivity contribution is 0.392. The van der Waals surface area contributed by atoms with E-state index in [2.05, 4.69) is 25.7 Å². The lowest BCUT2D eigenvalue weighted by atomic mass is 10.3. The van der Waals surface area contributed by atoms with Crippen molar-refractivity contribution >= 4 is 45.3 Å². The number of hydrogen-bond acceptors (Lipinski definition) is 9. The van der Waals surface area contributed by atoms with E-state index in [0.717, 1.165) is 20.0 Å². The molecule has 4 rings (SSSR count). The van der Waals surface area contributed by atoms with Crippen molar-refractivity contribution in [3.05, 3.63) is 53.7 Å². The Bertz CT molecular complexity index is 904. The molecule has 24 heavy (non-hydrogen) atoms. The van der Waals surface area contributed by atoms with Crippen LogP contribution in [-0.4, -0.2) is 20.3 Å². The van der Waals surface area contributed by atoms with Gasteiger partial charge in [0.1, 0.15) is 0 Å². The molecule has 0 atom stereocenters. The Hall–Kier alpha value is -2.23. The molecule has 0 amide bonds. The molecule has 1 aromatic carbocycles. The van der Waals surface area contributed by atoms with Gasteiger partial charge in [0.05, 0.1) is 10.6 Å². The van der Waals surface area contributed by atoms with E-state index in [1.54, 1.807) is 11.3 Å². The van der Waals surface area contributed by atoms with E-state index in [-0.39, 0.29) is 0 Å². The molecule has 0 radical (unpaired) electrons. The van der Waals surface area contributed by atoms with Crippen molar-refractivity contribution in [2.45, 2.75) is 10.1 Å². The fourth-order valence-corrected chi connectivity index (χ4v) is 4.17. The zero-order chi connectivity index (χ0) is 16.2. The van der Waals surface area contributed by atoms with Gasteiger partial charge in [-0.3, -0.25) is 0 Å². The lowest BCUT2D eigenvalue weighted by Gasteiger charge is -1.99. The smallest absolute Gasteiger partial charge is 0.237 e. The number of hydrogen-bond donors (Lipinski definition) is 1. The first kappa shape index (κ1) is 15.3. The molecule has 120 valence electrons. The predicted octanol–water partition coefficient (Wildman–Crippen LogP) is 4.69. The molecule has 0 unspecified atom stereocenters. The van der Waals surface area contributed by atoms with Crippen LogP contribution < -0.4 is 5.32 Å². The second-order valence-corrected chi connectivity index (χ2v) is 7.79. The Morgan fingerprint density at radius 2 is 2.00 bits per heavy atom. The van der Waals surface area contributed by atoms with Gasteiger partial charge in [-0.15, -0.1) is 21.5 Å². The van der Waals surface area contributed by atoms with Crippen molar-refractivity contribution in [2.75, 3.05) is 5.32 Å². The highest BCUT2D eigenvalue weighted by atomic mass is 32.2. The van der Waals surface area contributed by atoms with Gasteiger partial charge in [0.15, 0.2) is 4.34 Å². The first-order valence-electron chi connectivity index (χ1n) is 7.02. The zero-order valence-corrected chi connectivity index (χ0v) is 14.7. The highest BCUT2D eigenvalue weighted by Crippen LogP contribution is 2.30. The molecular weight excluding hydrogens is 362 g/mol. The van der Waals surface area contributed by atoms with Crippen molar-refractivity contribution in [1.82, 2.24) is 20.3 Å². The van der Waals surface area contributed by atoms with Crippen LogP contribution in [0.1, 0.15) is 5.89 Å². The average Bonchev–Trinajstić information content (AvgIpc) is 3.35. The molecular formula is C15H11N5OS3. The molecule has 0 saturated carbocycles. The van der Waals surface area contributed by atoms with Crippen LogP contribution in [0.5, 0.6) is 0 Å². The number of anilines is 2. The first-order chi connectivity index (χ1) is 11.9. The van der Waals surface area contributed by atoms with Gasteiger partial charge in [0.2, 0.25) is 16.8 Å². The third-order valence-corrected chi connectivity index (χ3v) is 5.78. The van der Waals surface area contributed by atoms with E-state index in [1.807, 2.05) is 47.8 Å². The van der Waals surface area contributed by atoms with E-state index < -0.39 is 0 Å². The largest absolute Gasteiger partial charge is 0.338 e. The van der Waals surface area contributed by atoms with Crippen LogP contribution in [0, 0.1) is 0 Å². The third kappa shape index (κ3) is 3.64. The first-order valence-corrected chi connectivity index (χ1v) is 9.70. The van der Waals surface area contributed by atoms with Gasteiger partial charge < -0.3 is 9.84 Å². The molecule has 0 bridgehead atoms. The van der Waals surface area contributed by atoms with Crippen molar-refractivity contribution in [3.8, 4) is 10.7 Å². The monoisotopic (exact) mass is 373 g/mol. The molecule has 0 saturated heterocycles. The van der Waals surface area contributed by atoms with E-state index in [1.165, 1.54) is 23.1 Å². The summed E-state index contributed by atoms with van der Waals surface area (Å²) in [5, 5.41) is 18.3. The number of aromatic nitrogens is 4. The minimum Gasteiger partial charge on any atom is -0.338 e. The van der Waals surface area contributed by atoms with Gasteiger partial charge in [-0.25, -0.2) is 0 Å². The van der Waals surface area contributed by atoms with E-state index in [4.69, 9.17) is 4.52 Å². The van der Waals surface area contributed by atoms with Crippen LogP contribution in [0.4, 0.5) is 10.8 Å². The van der Waals surface area contributed by atoms with Crippen LogP contribution in [0.3, 0.4) is 0 Å². The summed E-state index contributed by atoms with van der Waals surface area (Å²) in [6.45, 7) is 0. The van der Waals surface area contributed by atoms with Crippen molar-refractivity contribution < 1.29 is 4.52 Å². The topological polar surface area (TPSA) is 76.7 Å². The van der Waals surface area contributed by atoms with Crippen molar-refractivity contribution in [1.29, 1.82) is 0 Å². The quantitative estimate of drug-likeness (QED) is 0.491. The number of thiophene rings is 1. The molecule has 1 N–H and O–H groups in total. The molecule has 0 aliphatic rings. The van der Waals surface area contributed by atoms with Crippen LogP contribution in [0.25, 0.3) is 10.7 Å². The summed E-state index contributed by atoms with van der Waals surface area (Å²) in [6, 6.07) is 13.8. The van der Waals surface area contributed by atoms with Crippen LogP contribution >= 0.6 is 34.4 Å². The van der Waals surface area contributed by atoms with E-state index >= 15 is 0 Å². The standard InChI is InChI=1S/C15H11N5OS3/c1-2-5-10(6-3-1)16-14-18-19-15(24-14)23-9-12-17-13(20-21-12)11-7-4-8-22-11/h1-8H,9H2,(H,16,18). The molecule has 0 aliphatic heterocycles. The highest BCUT2D eigenvalue weighted by Gasteiger charge is 2.11. The summed E-state index contributed by atoms with van der Waals surface area (Å²) in [5.41, 5.74) is 0.989. The maximum Gasteiger partial charge on any atom is 0.237 e. The van der Waals surface area contributed by atoms with Gasteiger partial charge in [-0.05, 0) is 23.6 Å². The number of thioether (sulfide) groups is 1. The van der Waals surface area contributed by atoms with Crippen LogP contribution in [0.15, 0.2) is 56.7 Å². The van der Waals surface area contributed by atoms with Crippen LogP contribution in [0.2, 0.25) is 0 Å². The number of rotatable bonds is 6. The summed E-state index contributed by atoms with van der Waals surface area (Å²) >= 11 is 4.61.